The number of ether oxygens (including phenoxy) is 3. The van der Waals surface area contributed by atoms with Gasteiger partial charge in [0, 0.05) is 12.0 Å². The Morgan fingerprint density at radius 2 is 1.58 bits per heavy atom. The Hall–Kier alpha value is -2.49. The number of Topliss-reactive ketones (excluding diaryl/α,β-unsaturated/α-hetero) is 1. The standard InChI is InChI=1S/C20H24O4/c1-14(21)13-16-8-12-19(23-3)20(24-4)18(16)11-7-15-5-9-17(22-2)10-6-15/h5-6,8-10,12H,7,11,13H2,1-4H3. The molecule has 4 nitrogen and oxygen atoms in total. The summed E-state index contributed by atoms with van der Waals surface area (Å²) >= 11 is 0. The van der Waals surface area contributed by atoms with Gasteiger partial charge in [-0.1, -0.05) is 18.2 Å². The zero-order chi connectivity index (χ0) is 17.5. The van der Waals surface area contributed by atoms with Crippen LogP contribution < -0.4 is 14.2 Å². The Bertz CT molecular complexity index is 690. The van der Waals surface area contributed by atoms with E-state index in [1.165, 1.54) is 5.56 Å². The first-order valence-corrected chi connectivity index (χ1v) is 7.94. The second-order valence-electron chi connectivity index (χ2n) is 5.67. The average Bonchev–Trinajstić information content (AvgIpc) is 2.60. The lowest BCUT2D eigenvalue weighted by Gasteiger charge is -2.16. The van der Waals surface area contributed by atoms with Crippen molar-refractivity contribution in [3.63, 3.8) is 0 Å². The average molecular weight is 328 g/mol. The van der Waals surface area contributed by atoms with E-state index in [9.17, 15) is 4.79 Å². The van der Waals surface area contributed by atoms with Crippen molar-refractivity contribution in [2.45, 2.75) is 26.2 Å². The molecule has 0 bridgehead atoms. The van der Waals surface area contributed by atoms with Gasteiger partial charge in [-0.05, 0) is 49.1 Å². The van der Waals surface area contributed by atoms with Crippen molar-refractivity contribution in [1.82, 2.24) is 0 Å². The van der Waals surface area contributed by atoms with Crippen molar-refractivity contribution in [2.24, 2.45) is 0 Å². The molecule has 0 aromatic heterocycles. The van der Waals surface area contributed by atoms with Crippen LogP contribution in [-0.2, 0) is 24.1 Å². The van der Waals surface area contributed by atoms with Gasteiger partial charge in [0.2, 0.25) is 0 Å². The van der Waals surface area contributed by atoms with Crippen LogP contribution in [0.3, 0.4) is 0 Å². The molecule has 0 fully saturated rings. The number of hydrogen-bond donors (Lipinski definition) is 0. The predicted molar refractivity (Wildman–Crippen MR) is 94.3 cm³/mol. The summed E-state index contributed by atoms with van der Waals surface area (Å²) in [7, 11) is 4.91. The number of aryl methyl sites for hydroxylation is 1. The van der Waals surface area contributed by atoms with Gasteiger partial charge in [0.15, 0.2) is 11.5 Å². The summed E-state index contributed by atoms with van der Waals surface area (Å²) in [6, 6.07) is 11.8. The minimum absolute atomic E-state index is 0.132. The fraction of sp³-hybridized carbons (Fsp3) is 0.350. The van der Waals surface area contributed by atoms with E-state index in [1.807, 2.05) is 24.3 Å². The number of methoxy groups -OCH3 is 3. The van der Waals surface area contributed by atoms with Crippen LogP contribution >= 0.6 is 0 Å². The molecule has 2 rings (SSSR count). The fourth-order valence-electron chi connectivity index (χ4n) is 2.80. The Balaban J connectivity index is 2.29. The highest BCUT2D eigenvalue weighted by atomic mass is 16.5. The molecule has 4 heteroatoms. The van der Waals surface area contributed by atoms with E-state index in [0.717, 1.165) is 29.7 Å². The number of ketones is 1. The van der Waals surface area contributed by atoms with Crippen LogP contribution in [-0.4, -0.2) is 27.1 Å². The second-order valence-corrected chi connectivity index (χ2v) is 5.67. The Labute approximate surface area is 143 Å². The van der Waals surface area contributed by atoms with Gasteiger partial charge in [-0.3, -0.25) is 4.79 Å². The highest BCUT2D eigenvalue weighted by Crippen LogP contribution is 2.34. The van der Waals surface area contributed by atoms with Gasteiger partial charge in [0.05, 0.1) is 21.3 Å². The van der Waals surface area contributed by atoms with E-state index in [2.05, 4.69) is 12.1 Å². The minimum Gasteiger partial charge on any atom is -0.497 e. The largest absolute Gasteiger partial charge is 0.497 e. The van der Waals surface area contributed by atoms with Crippen LogP contribution in [0.25, 0.3) is 0 Å². The van der Waals surface area contributed by atoms with E-state index in [4.69, 9.17) is 14.2 Å². The van der Waals surface area contributed by atoms with Crippen LogP contribution in [0, 0.1) is 0 Å². The maximum atomic E-state index is 11.6. The number of carbonyl (C=O) groups is 1. The SMILES string of the molecule is COc1ccc(CCc2c(CC(C)=O)ccc(OC)c2OC)cc1. The van der Waals surface area contributed by atoms with E-state index in [-0.39, 0.29) is 5.78 Å². The molecule has 2 aromatic rings. The molecule has 0 N–H and O–H groups in total. The van der Waals surface area contributed by atoms with Crippen LogP contribution in [0.5, 0.6) is 17.2 Å². The highest BCUT2D eigenvalue weighted by molar-refractivity contribution is 5.79. The minimum atomic E-state index is 0.132. The molecule has 0 heterocycles. The third-order valence-corrected chi connectivity index (χ3v) is 4.01. The number of carbonyl (C=O) groups excluding carboxylic acids is 1. The maximum absolute atomic E-state index is 11.6. The molecule has 0 saturated heterocycles. The topological polar surface area (TPSA) is 44.8 Å². The summed E-state index contributed by atoms with van der Waals surface area (Å²) in [5, 5.41) is 0. The summed E-state index contributed by atoms with van der Waals surface area (Å²) in [5.74, 6) is 2.38. The lowest BCUT2D eigenvalue weighted by molar-refractivity contribution is -0.116. The smallest absolute Gasteiger partial charge is 0.164 e. The fourth-order valence-corrected chi connectivity index (χ4v) is 2.80. The van der Waals surface area contributed by atoms with Gasteiger partial charge in [0.25, 0.3) is 0 Å². The molecule has 2 aromatic carbocycles. The molecule has 24 heavy (non-hydrogen) atoms. The van der Waals surface area contributed by atoms with Gasteiger partial charge in [-0.15, -0.1) is 0 Å². The first-order valence-electron chi connectivity index (χ1n) is 7.94. The van der Waals surface area contributed by atoms with Gasteiger partial charge in [0.1, 0.15) is 11.5 Å². The molecule has 0 amide bonds. The van der Waals surface area contributed by atoms with Gasteiger partial charge in [-0.2, -0.15) is 0 Å². The summed E-state index contributed by atoms with van der Waals surface area (Å²) in [6.07, 6.45) is 2.02. The molecule has 0 unspecified atom stereocenters. The van der Waals surface area contributed by atoms with E-state index in [0.29, 0.717) is 17.9 Å². The summed E-state index contributed by atoms with van der Waals surface area (Å²) in [6.45, 7) is 1.60. The second kappa shape index (κ2) is 8.39. The molecule has 0 aliphatic heterocycles. The van der Waals surface area contributed by atoms with Crippen molar-refractivity contribution < 1.29 is 19.0 Å². The summed E-state index contributed by atoms with van der Waals surface area (Å²) < 4.78 is 16.1. The number of hydrogen-bond acceptors (Lipinski definition) is 4. The zero-order valence-electron chi connectivity index (χ0n) is 14.7. The molecule has 0 spiro atoms. The maximum Gasteiger partial charge on any atom is 0.164 e. The third-order valence-electron chi connectivity index (χ3n) is 4.01. The number of rotatable bonds is 8. The molecule has 0 radical (unpaired) electrons. The third kappa shape index (κ3) is 4.28. The summed E-state index contributed by atoms with van der Waals surface area (Å²) in [5.41, 5.74) is 3.23. The molecule has 128 valence electrons. The normalized spacial score (nSPS) is 10.3. The predicted octanol–water partition coefficient (Wildman–Crippen LogP) is 3.63. The molecule has 0 aliphatic carbocycles. The van der Waals surface area contributed by atoms with Crippen LogP contribution in [0.4, 0.5) is 0 Å². The van der Waals surface area contributed by atoms with Gasteiger partial charge >= 0.3 is 0 Å². The quantitative estimate of drug-likeness (QED) is 0.742. The zero-order valence-corrected chi connectivity index (χ0v) is 14.7. The van der Waals surface area contributed by atoms with E-state index >= 15 is 0 Å². The molecule has 0 aliphatic rings. The van der Waals surface area contributed by atoms with Crippen molar-refractivity contribution in [1.29, 1.82) is 0 Å². The summed E-state index contributed by atoms with van der Waals surface area (Å²) in [4.78, 5) is 11.6. The van der Waals surface area contributed by atoms with Crippen molar-refractivity contribution in [3.8, 4) is 17.2 Å². The molecule has 0 atom stereocenters. The van der Waals surface area contributed by atoms with Gasteiger partial charge in [-0.25, -0.2) is 0 Å². The van der Waals surface area contributed by atoms with Gasteiger partial charge < -0.3 is 14.2 Å². The highest BCUT2D eigenvalue weighted by Gasteiger charge is 2.16. The Morgan fingerprint density at radius 1 is 0.875 bits per heavy atom. The van der Waals surface area contributed by atoms with Crippen LogP contribution in [0.15, 0.2) is 36.4 Å². The molecular formula is C20H24O4. The monoisotopic (exact) mass is 328 g/mol. The lowest BCUT2D eigenvalue weighted by atomic mass is 9.95. The lowest BCUT2D eigenvalue weighted by Crippen LogP contribution is -2.06. The van der Waals surface area contributed by atoms with Crippen molar-refractivity contribution in [2.75, 3.05) is 21.3 Å². The van der Waals surface area contributed by atoms with Crippen molar-refractivity contribution >= 4 is 5.78 Å². The van der Waals surface area contributed by atoms with Crippen LogP contribution in [0.1, 0.15) is 23.6 Å². The first kappa shape index (κ1) is 17.9. The number of benzene rings is 2. The first-order chi connectivity index (χ1) is 11.6. The Morgan fingerprint density at radius 3 is 2.12 bits per heavy atom. The molecule has 0 saturated carbocycles. The van der Waals surface area contributed by atoms with Crippen LogP contribution in [0.2, 0.25) is 0 Å². The van der Waals surface area contributed by atoms with Crippen molar-refractivity contribution in [3.05, 3.63) is 53.1 Å². The van der Waals surface area contributed by atoms with E-state index in [1.54, 1.807) is 28.3 Å². The molecular weight excluding hydrogens is 304 g/mol. The Kier molecular flexibility index (Phi) is 6.24. The van der Waals surface area contributed by atoms with E-state index < -0.39 is 0 Å².